The van der Waals surface area contributed by atoms with Gasteiger partial charge in [0.25, 0.3) is 0 Å². The number of benzene rings is 2. The van der Waals surface area contributed by atoms with Crippen molar-refractivity contribution in [3.8, 4) is 5.75 Å². The highest BCUT2D eigenvalue weighted by Crippen LogP contribution is 2.12. The fourth-order valence-electron chi connectivity index (χ4n) is 1.49. The van der Waals surface area contributed by atoms with Gasteiger partial charge in [-0.2, -0.15) is 13.2 Å². The Morgan fingerprint density at radius 2 is 1.79 bits per heavy atom. The van der Waals surface area contributed by atoms with Gasteiger partial charge in [-0.05, 0) is 30.3 Å². The lowest BCUT2D eigenvalue weighted by Gasteiger charge is -2.03. The standard InChI is InChI=1S/C14H14IO2.C2HF3O2/c1-17-13-7-8-14(11(9-13)10-16)15-12-5-3-2-4-6-12;3-2(4,5)1(6)7/h2-9,16H,10H2,1H3;(H,6,7)/q+1;/p-1. The molecule has 0 bridgehead atoms. The number of carboxylic acids is 1. The average molecular weight is 454 g/mol. The number of alkyl halides is 3. The fraction of sp³-hybridized carbons (Fsp3) is 0.188. The Hall–Kier alpha value is -1.81. The number of rotatable bonds is 4. The van der Waals surface area contributed by atoms with E-state index in [-0.39, 0.29) is 27.8 Å². The molecule has 0 saturated carbocycles. The number of aliphatic carboxylic acids is 1. The third-order valence-corrected chi connectivity index (χ3v) is 5.57. The molecule has 1 N–H and O–H groups in total. The van der Waals surface area contributed by atoms with Crippen LogP contribution < -0.4 is 31.0 Å². The molecule has 0 saturated heterocycles. The number of carboxylic acid groups (broad SMARTS) is 1. The summed E-state index contributed by atoms with van der Waals surface area (Å²) in [6, 6.07) is 16.3. The summed E-state index contributed by atoms with van der Waals surface area (Å²) in [7, 11) is 1.64. The van der Waals surface area contributed by atoms with Crippen LogP contribution in [0, 0.1) is 7.14 Å². The molecule has 2 aromatic rings. The second-order valence-corrected chi connectivity index (χ2v) is 7.24. The fourth-order valence-corrected chi connectivity index (χ4v) is 3.96. The third-order valence-electron chi connectivity index (χ3n) is 2.60. The zero-order valence-electron chi connectivity index (χ0n) is 12.5. The molecule has 0 atom stereocenters. The summed E-state index contributed by atoms with van der Waals surface area (Å²) in [5, 5.41) is 18.2. The van der Waals surface area contributed by atoms with E-state index in [0.717, 1.165) is 11.3 Å². The lowest BCUT2D eigenvalue weighted by Crippen LogP contribution is -3.61. The molecule has 0 unspecified atom stereocenters. The zero-order chi connectivity index (χ0) is 18.2. The van der Waals surface area contributed by atoms with Crippen LogP contribution in [-0.2, 0) is 11.4 Å². The molecule has 0 radical (unpaired) electrons. The van der Waals surface area contributed by atoms with Gasteiger partial charge in [-0.1, -0.05) is 18.2 Å². The first-order valence-corrected chi connectivity index (χ1v) is 8.69. The maximum Gasteiger partial charge on any atom is 0.430 e. The summed E-state index contributed by atoms with van der Waals surface area (Å²) in [5.74, 6) is -2.21. The Balaban J connectivity index is 0.000000351. The summed E-state index contributed by atoms with van der Waals surface area (Å²) in [6.07, 6.45) is -5.19. The Morgan fingerprint density at radius 3 is 2.25 bits per heavy atom. The van der Waals surface area contributed by atoms with Crippen LogP contribution in [-0.4, -0.2) is 24.4 Å². The van der Waals surface area contributed by atoms with Gasteiger partial charge in [0.05, 0.1) is 13.7 Å². The molecule has 0 spiro atoms. The van der Waals surface area contributed by atoms with Gasteiger partial charge in [-0.25, -0.2) is 0 Å². The number of carbonyl (C=O) groups excluding carboxylic acids is 1. The minimum atomic E-state index is -5.19. The topological polar surface area (TPSA) is 69.6 Å². The molecule has 0 fully saturated rings. The van der Waals surface area contributed by atoms with Crippen molar-refractivity contribution < 1.29 is 54.1 Å². The number of halogens is 4. The predicted molar refractivity (Wildman–Crippen MR) is 73.8 cm³/mol. The van der Waals surface area contributed by atoms with Crippen molar-refractivity contribution in [1.82, 2.24) is 0 Å². The molecule has 130 valence electrons. The average Bonchev–Trinajstić information content (AvgIpc) is 2.56. The van der Waals surface area contributed by atoms with Crippen molar-refractivity contribution in [3.63, 3.8) is 0 Å². The minimum Gasteiger partial charge on any atom is -0.542 e. The van der Waals surface area contributed by atoms with Crippen molar-refractivity contribution in [2.45, 2.75) is 12.8 Å². The van der Waals surface area contributed by atoms with E-state index in [2.05, 4.69) is 30.3 Å². The van der Waals surface area contributed by atoms with Gasteiger partial charge < -0.3 is 19.7 Å². The van der Waals surface area contributed by atoms with Crippen molar-refractivity contribution in [1.29, 1.82) is 0 Å². The summed E-state index contributed by atoms with van der Waals surface area (Å²) in [4.78, 5) is 8.78. The van der Waals surface area contributed by atoms with E-state index in [0.29, 0.717) is 0 Å². The molecule has 0 heterocycles. The van der Waals surface area contributed by atoms with E-state index in [4.69, 9.17) is 14.6 Å². The van der Waals surface area contributed by atoms with Crippen LogP contribution in [0.5, 0.6) is 5.75 Å². The summed E-state index contributed by atoms with van der Waals surface area (Å²) >= 11 is -0.233. The first kappa shape index (κ1) is 20.2. The summed E-state index contributed by atoms with van der Waals surface area (Å²) in [5.41, 5.74) is 0.973. The number of hydrogen-bond donors (Lipinski definition) is 1. The number of aliphatic hydroxyl groups excluding tert-OH is 1. The normalized spacial score (nSPS) is 10.5. The van der Waals surface area contributed by atoms with Crippen molar-refractivity contribution >= 4 is 5.97 Å². The molecule has 8 heteroatoms. The SMILES string of the molecule is COc1ccc([I+]c2ccccc2)c(CO)c1.O=C([O-])C(F)(F)F. The van der Waals surface area contributed by atoms with Crippen molar-refractivity contribution in [2.24, 2.45) is 0 Å². The highest BCUT2D eigenvalue weighted by atomic mass is 127. The molecule has 0 aliphatic heterocycles. The van der Waals surface area contributed by atoms with Gasteiger partial charge in [-0.3, -0.25) is 0 Å². The first-order valence-electron chi connectivity index (χ1n) is 6.53. The maximum absolute atomic E-state index is 10.5. The van der Waals surface area contributed by atoms with E-state index in [1.165, 1.54) is 7.14 Å². The largest absolute Gasteiger partial charge is 0.542 e. The highest BCUT2D eigenvalue weighted by molar-refractivity contribution is 5.70. The van der Waals surface area contributed by atoms with Gasteiger partial charge in [0.1, 0.15) is 11.7 Å². The first-order chi connectivity index (χ1) is 11.3. The maximum atomic E-state index is 10.5. The van der Waals surface area contributed by atoms with Crippen LogP contribution in [0.1, 0.15) is 5.56 Å². The Kier molecular flexibility index (Phi) is 7.99. The third kappa shape index (κ3) is 6.75. The van der Waals surface area contributed by atoms with Crippen LogP contribution in [0.3, 0.4) is 0 Å². The van der Waals surface area contributed by atoms with Crippen LogP contribution in [0.25, 0.3) is 0 Å². The van der Waals surface area contributed by atoms with E-state index in [1.807, 2.05) is 18.2 Å². The van der Waals surface area contributed by atoms with Crippen LogP contribution in [0.2, 0.25) is 0 Å². The molecule has 24 heavy (non-hydrogen) atoms. The van der Waals surface area contributed by atoms with Gasteiger partial charge in [0, 0.05) is 5.56 Å². The molecule has 4 nitrogen and oxygen atoms in total. The second-order valence-electron chi connectivity index (χ2n) is 4.29. The zero-order valence-corrected chi connectivity index (χ0v) is 14.7. The highest BCUT2D eigenvalue weighted by Gasteiger charge is 2.28. The smallest absolute Gasteiger partial charge is 0.430 e. The number of methoxy groups -OCH3 is 1. The molecule has 0 aromatic heterocycles. The van der Waals surface area contributed by atoms with Crippen LogP contribution in [0.4, 0.5) is 13.2 Å². The minimum absolute atomic E-state index is 0.0685. The van der Waals surface area contributed by atoms with Crippen molar-refractivity contribution in [3.05, 3.63) is 61.2 Å². The summed E-state index contributed by atoms with van der Waals surface area (Å²) < 4.78 is 39.3. The second kappa shape index (κ2) is 9.48. The number of carbonyl (C=O) groups is 1. The molecule has 0 aliphatic carbocycles. The Bertz CT molecular complexity index is 660. The Labute approximate surface area is 147 Å². The lowest BCUT2D eigenvalue weighted by molar-refractivity contribution is -0.598. The van der Waals surface area contributed by atoms with E-state index in [9.17, 15) is 18.3 Å². The molecule has 0 amide bonds. The van der Waals surface area contributed by atoms with E-state index >= 15 is 0 Å². The van der Waals surface area contributed by atoms with Crippen LogP contribution in [0.15, 0.2) is 48.5 Å². The van der Waals surface area contributed by atoms with E-state index < -0.39 is 12.1 Å². The lowest BCUT2D eigenvalue weighted by atomic mass is 10.2. The quantitative estimate of drug-likeness (QED) is 0.579. The van der Waals surface area contributed by atoms with Crippen molar-refractivity contribution in [2.75, 3.05) is 7.11 Å². The molecule has 2 aromatic carbocycles. The number of aliphatic hydroxyl groups is 1. The monoisotopic (exact) mass is 454 g/mol. The van der Waals surface area contributed by atoms with E-state index in [1.54, 1.807) is 7.11 Å². The molecular formula is C16H14F3IO4. The predicted octanol–water partition coefficient (Wildman–Crippen LogP) is -1.39. The number of ether oxygens (including phenoxy) is 1. The van der Waals surface area contributed by atoms with Gasteiger partial charge >= 0.3 is 27.4 Å². The van der Waals surface area contributed by atoms with Gasteiger partial charge in [-0.15, -0.1) is 0 Å². The Morgan fingerprint density at radius 1 is 1.21 bits per heavy atom. The number of hydrogen-bond acceptors (Lipinski definition) is 4. The van der Waals surface area contributed by atoms with Crippen LogP contribution >= 0.6 is 0 Å². The molecule has 2 rings (SSSR count). The molecule has 0 aliphatic rings. The van der Waals surface area contributed by atoms with Gasteiger partial charge in [0.2, 0.25) is 0 Å². The molecular weight excluding hydrogens is 440 g/mol. The van der Waals surface area contributed by atoms with Gasteiger partial charge in [0.15, 0.2) is 7.14 Å². The summed E-state index contributed by atoms with van der Waals surface area (Å²) in [6.45, 7) is 0.0685.